The van der Waals surface area contributed by atoms with Crippen LogP contribution in [0.15, 0.2) is 28.8 Å². The molecule has 0 amide bonds. The van der Waals surface area contributed by atoms with Crippen molar-refractivity contribution in [2.75, 3.05) is 31.2 Å². The summed E-state index contributed by atoms with van der Waals surface area (Å²) in [6.45, 7) is 3.24. The second-order valence-corrected chi connectivity index (χ2v) is 6.40. The van der Waals surface area contributed by atoms with Crippen molar-refractivity contribution in [1.29, 1.82) is 0 Å². The minimum Gasteiger partial charge on any atom is -0.378 e. The van der Waals surface area contributed by atoms with Crippen LogP contribution in [0, 0.1) is 0 Å². The van der Waals surface area contributed by atoms with E-state index in [2.05, 4.69) is 21.1 Å². The lowest BCUT2D eigenvalue weighted by molar-refractivity contribution is 0.122. The van der Waals surface area contributed by atoms with E-state index in [-0.39, 0.29) is 0 Å². The van der Waals surface area contributed by atoms with Crippen molar-refractivity contribution in [2.45, 2.75) is 31.2 Å². The topological polar surface area (TPSA) is 77.4 Å². The maximum atomic E-state index is 6.44. The van der Waals surface area contributed by atoms with Crippen molar-refractivity contribution in [2.24, 2.45) is 5.73 Å². The Hall–Kier alpha value is -1.92. The van der Waals surface area contributed by atoms with Crippen LogP contribution in [0.25, 0.3) is 11.5 Å². The molecule has 2 heterocycles. The number of rotatable bonds is 3. The molecule has 4 rings (SSSR count). The molecule has 2 N–H and O–H groups in total. The fourth-order valence-electron chi connectivity index (χ4n) is 3.50. The van der Waals surface area contributed by atoms with Crippen LogP contribution in [0.4, 0.5) is 5.69 Å². The van der Waals surface area contributed by atoms with Gasteiger partial charge in [-0.15, -0.1) is 0 Å². The molecule has 2 aliphatic rings. The fraction of sp³-hybridized carbons (Fsp3) is 0.529. The standard InChI is InChI=1S/C17H22N4O2/c18-17(7-3-4-8-17)16-19-15(23-20-16)13-5-1-2-6-14(13)21-9-11-22-12-10-21/h1-2,5-6H,3-4,7-12,18H2. The lowest BCUT2D eigenvalue weighted by Crippen LogP contribution is -2.36. The number of para-hydroxylation sites is 1. The molecule has 6 heteroatoms. The third-order valence-electron chi connectivity index (χ3n) is 4.85. The lowest BCUT2D eigenvalue weighted by atomic mass is 9.98. The first-order chi connectivity index (χ1) is 11.3. The molecule has 0 radical (unpaired) electrons. The molecule has 1 saturated heterocycles. The molecule has 0 atom stereocenters. The van der Waals surface area contributed by atoms with Crippen molar-refractivity contribution in [3.63, 3.8) is 0 Å². The normalized spacial score (nSPS) is 20.8. The van der Waals surface area contributed by atoms with Gasteiger partial charge in [0, 0.05) is 18.8 Å². The number of hydrogen-bond acceptors (Lipinski definition) is 6. The van der Waals surface area contributed by atoms with Crippen LogP contribution >= 0.6 is 0 Å². The Morgan fingerprint density at radius 3 is 2.61 bits per heavy atom. The van der Waals surface area contributed by atoms with Gasteiger partial charge >= 0.3 is 0 Å². The molecule has 2 fully saturated rings. The summed E-state index contributed by atoms with van der Waals surface area (Å²) in [5, 5.41) is 4.18. The van der Waals surface area contributed by atoms with E-state index < -0.39 is 5.54 Å². The smallest absolute Gasteiger partial charge is 0.260 e. The van der Waals surface area contributed by atoms with Crippen LogP contribution in [-0.4, -0.2) is 36.4 Å². The first-order valence-corrected chi connectivity index (χ1v) is 8.31. The van der Waals surface area contributed by atoms with Crippen LogP contribution in [0.2, 0.25) is 0 Å². The second-order valence-electron chi connectivity index (χ2n) is 6.40. The summed E-state index contributed by atoms with van der Waals surface area (Å²) < 4.78 is 11.0. The molecule has 122 valence electrons. The Labute approximate surface area is 135 Å². The van der Waals surface area contributed by atoms with Crippen molar-refractivity contribution >= 4 is 5.69 Å². The summed E-state index contributed by atoms with van der Waals surface area (Å²) in [5.74, 6) is 1.19. The number of benzene rings is 1. The Balaban J connectivity index is 1.67. The van der Waals surface area contributed by atoms with Crippen LogP contribution in [0.5, 0.6) is 0 Å². The van der Waals surface area contributed by atoms with Gasteiger partial charge in [-0.3, -0.25) is 0 Å². The number of ether oxygens (including phenoxy) is 1. The predicted molar refractivity (Wildman–Crippen MR) is 87.1 cm³/mol. The van der Waals surface area contributed by atoms with Crippen LogP contribution in [0.3, 0.4) is 0 Å². The quantitative estimate of drug-likeness (QED) is 0.936. The van der Waals surface area contributed by atoms with Crippen molar-refractivity contribution < 1.29 is 9.26 Å². The van der Waals surface area contributed by atoms with Gasteiger partial charge in [0.25, 0.3) is 5.89 Å². The van der Waals surface area contributed by atoms with Gasteiger partial charge < -0.3 is 19.9 Å². The Morgan fingerprint density at radius 1 is 1.09 bits per heavy atom. The van der Waals surface area contributed by atoms with Gasteiger partial charge in [0.2, 0.25) is 0 Å². The zero-order valence-corrected chi connectivity index (χ0v) is 13.2. The highest BCUT2D eigenvalue weighted by Crippen LogP contribution is 2.37. The number of nitrogens with two attached hydrogens (primary N) is 1. The first-order valence-electron chi connectivity index (χ1n) is 8.31. The Kier molecular flexibility index (Phi) is 3.79. The zero-order chi connectivity index (χ0) is 15.7. The van der Waals surface area contributed by atoms with Gasteiger partial charge in [0.1, 0.15) is 0 Å². The number of hydrogen-bond donors (Lipinski definition) is 1. The van der Waals surface area contributed by atoms with E-state index in [0.29, 0.717) is 11.7 Å². The van der Waals surface area contributed by atoms with E-state index >= 15 is 0 Å². The first kappa shape index (κ1) is 14.7. The Morgan fingerprint density at radius 2 is 1.83 bits per heavy atom. The van der Waals surface area contributed by atoms with Gasteiger partial charge in [-0.05, 0) is 25.0 Å². The highest BCUT2D eigenvalue weighted by atomic mass is 16.5. The molecule has 0 bridgehead atoms. The van der Waals surface area contributed by atoms with E-state index in [4.69, 9.17) is 15.0 Å². The molecule has 2 aromatic rings. The molecular formula is C17H22N4O2. The summed E-state index contributed by atoms with van der Waals surface area (Å²) in [6.07, 6.45) is 4.11. The molecule has 1 aromatic heterocycles. The maximum absolute atomic E-state index is 6.44. The van der Waals surface area contributed by atoms with E-state index in [1.165, 1.54) is 0 Å². The lowest BCUT2D eigenvalue weighted by Gasteiger charge is -2.29. The molecule has 1 aromatic carbocycles. The number of anilines is 1. The summed E-state index contributed by atoms with van der Waals surface area (Å²) in [7, 11) is 0. The second kappa shape index (κ2) is 5.94. The van der Waals surface area contributed by atoms with Crippen LogP contribution < -0.4 is 10.6 Å². The average Bonchev–Trinajstić information content (AvgIpc) is 3.26. The van der Waals surface area contributed by atoms with E-state index in [1.54, 1.807) is 0 Å². The van der Waals surface area contributed by atoms with Gasteiger partial charge in [0.05, 0.1) is 24.3 Å². The molecule has 0 spiro atoms. The minimum absolute atomic E-state index is 0.421. The maximum Gasteiger partial charge on any atom is 0.260 e. The van der Waals surface area contributed by atoms with Crippen molar-refractivity contribution in [3.05, 3.63) is 30.1 Å². The molecule has 1 aliphatic carbocycles. The van der Waals surface area contributed by atoms with E-state index in [1.807, 2.05) is 18.2 Å². The highest BCUT2D eigenvalue weighted by Gasteiger charge is 2.36. The monoisotopic (exact) mass is 314 g/mol. The molecular weight excluding hydrogens is 292 g/mol. The zero-order valence-electron chi connectivity index (χ0n) is 13.2. The molecule has 1 saturated carbocycles. The van der Waals surface area contributed by atoms with Crippen LogP contribution in [-0.2, 0) is 10.3 Å². The summed E-state index contributed by atoms with van der Waals surface area (Å²) >= 11 is 0. The van der Waals surface area contributed by atoms with Crippen molar-refractivity contribution in [1.82, 2.24) is 10.1 Å². The van der Waals surface area contributed by atoms with Gasteiger partial charge in [-0.1, -0.05) is 30.1 Å². The van der Waals surface area contributed by atoms with Gasteiger partial charge in [0.15, 0.2) is 5.82 Å². The third kappa shape index (κ3) is 2.72. The summed E-state index contributed by atoms with van der Waals surface area (Å²) in [6, 6.07) is 8.15. The SMILES string of the molecule is NC1(c2noc(-c3ccccc3N3CCOCC3)n2)CCCC1. The summed E-state index contributed by atoms with van der Waals surface area (Å²) in [4.78, 5) is 6.93. The van der Waals surface area contributed by atoms with Crippen molar-refractivity contribution in [3.8, 4) is 11.5 Å². The highest BCUT2D eigenvalue weighted by molar-refractivity contribution is 5.73. The molecule has 1 aliphatic heterocycles. The van der Waals surface area contributed by atoms with E-state index in [9.17, 15) is 0 Å². The van der Waals surface area contributed by atoms with Gasteiger partial charge in [-0.25, -0.2) is 0 Å². The Bertz CT molecular complexity index is 673. The molecule has 0 unspecified atom stereocenters. The van der Waals surface area contributed by atoms with Gasteiger partial charge in [-0.2, -0.15) is 4.98 Å². The molecule has 23 heavy (non-hydrogen) atoms. The van der Waals surface area contributed by atoms with Crippen LogP contribution in [0.1, 0.15) is 31.5 Å². The average molecular weight is 314 g/mol. The molecule has 6 nitrogen and oxygen atoms in total. The fourth-order valence-corrected chi connectivity index (χ4v) is 3.50. The third-order valence-corrected chi connectivity index (χ3v) is 4.85. The summed E-state index contributed by atoms with van der Waals surface area (Å²) in [5.41, 5.74) is 8.10. The predicted octanol–water partition coefficient (Wildman–Crippen LogP) is 2.30. The van der Waals surface area contributed by atoms with E-state index in [0.717, 1.165) is 63.2 Å². The number of aromatic nitrogens is 2. The minimum atomic E-state index is -0.421. The number of morpholine rings is 1. The number of nitrogens with zero attached hydrogens (tertiary/aromatic N) is 3. The largest absolute Gasteiger partial charge is 0.378 e.